The van der Waals surface area contributed by atoms with Crippen LogP contribution in [0.5, 0.6) is 0 Å². The Labute approximate surface area is 121 Å². The SMILES string of the molecule is Fc1ccccc1SCc1noc([C@@H]2CCCCN2)n1. The van der Waals surface area contributed by atoms with Gasteiger partial charge in [0.1, 0.15) is 5.82 Å². The van der Waals surface area contributed by atoms with E-state index < -0.39 is 0 Å². The Balaban J connectivity index is 1.61. The molecule has 0 aliphatic carbocycles. The van der Waals surface area contributed by atoms with E-state index in [0.29, 0.717) is 22.4 Å². The molecule has 0 radical (unpaired) electrons. The number of thioether (sulfide) groups is 1. The van der Waals surface area contributed by atoms with E-state index in [1.54, 1.807) is 12.1 Å². The first-order chi connectivity index (χ1) is 9.83. The molecule has 0 saturated carbocycles. The van der Waals surface area contributed by atoms with Crippen molar-refractivity contribution in [2.45, 2.75) is 36.0 Å². The third-order valence-corrected chi connectivity index (χ3v) is 4.33. The van der Waals surface area contributed by atoms with Gasteiger partial charge in [0.25, 0.3) is 0 Å². The van der Waals surface area contributed by atoms with Crippen molar-refractivity contribution in [1.82, 2.24) is 15.5 Å². The largest absolute Gasteiger partial charge is 0.338 e. The van der Waals surface area contributed by atoms with E-state index in [4.69, 9.17) is 4.52 Å². The lowest BCUT2D eigenvalue weighted by Crippen LogP contribution is -2.26. The number of hydrogen-bond acceptors (Lipinski definition) is 5. The zero-order valence-corrected chi connectivity index (χ0v) is 11.8. The van der Waals surface area contributed by atoms with Crippen LogP contribution >= 0.6 is 11.8 Å². The van der Waals surface area contributed by atoms with Gasteiger partial charge in [0.2, 0.25) is 5.89 Å². The Morgan fingerprint density at radius 2 is 2.25 bits per heavy atom. The minimum absolute atomic E-state index is 0.170. The molecular weight excluding hydrogens is 277 g/mol. The molecule has 2 heterocycles. The van der Waals surface area contributed by atoms with Crippen LogP contribution in [0.1, 0.15) is 37.0 Å². The van der Waals surface area contributed by atoms with Gasteiger partial charge in [-0.3, -0.25) is 0 Å². The minimum atomic E-state index is -0.213. The highest BCUT2D eigenvalue weighted by atomic mass is 32.2. The molecule has 0 spiro atoms. The quantitative estimate of drug-likeness (QED) is 0.876. The summed E-state index contributed by atoms with van der Waals surface area (Å²) >= 11 is 1.38. The summed E-state index contributed by atoms with van der Waals surface area (Å²) in [6.45, 7) is 0.992. The molecule has 0 amide bonds. The molecule has 1 aliphatic rings. The summed E-state index contributed by atoms with van der Waals surface area (Å²) in [6.07, 6.45) is 3.40. The zero-order valence-electron chi connectivity index (χ0n) is 11.0. The van der Waals surface area contributed by atoms with Gasteiger partial charge < -0.3 is 9.84 Å². The van der Waals surface area contributed by atoms with E-state index in [1.165, 1.54) is 30.7 Å². The highest BCUT2D eigenvalue weighted by Gasteiger charge is 2.20. The number of piperidine rings is 1. The molecule has 1 aliphatic heterocycles. The second-order valence-electron chi connectivity index (χ2n) is 4.77. The molecule has 1 aromatic carbocycles. The fourth-order valence-corrected chi connectivity index (χ4v) is 3.02. The van der Waals surface area contributed by atoms with Crippen LogP contribution in [0.4, 0.5) is 4.39 Å². The number of hydrogen-bond donors (Lipinski definition) is 1. The smallest absolute Gasteiger partial charge is 0.243 e. The number of halogens is 1. The first-order valence-corrected chi connectivity index (χ1v) is 7.74. The van der Waals surface area contributed by atoms with E-state index in [0.717, 1.165) is 13.0 Å². The predicted molar refractivity (Wildman–Crippen MR) is 74.9 cm³/mol. The Hall–Kier alpha value is -1.40. The Bertz CT molecular complexity index is 569. The highest BCUT2D eigenvalue weighted by Crippen LogP contribution is 2.26. The monoisotopic (exact) mass is 293 g/mol. The molecule has 4 nitrogen and oxygen atoms in total. The van der Waals surface area contributed by atoms with Crippen LogP contribution in [0.15, 0.2) is 33.7 Å². The van der Waals surface area contributed by atoms with Gasteiger partial charge in [-0.2, -0.15) is 4.98 Å². The summed E-state index contributed by atoms with van der Waals surface area (Å²) in [5.41, 5.74) is 0. The lowest BCUT2D eigenvalue weighted by molar-refractivity contribution is 0.296. The number of rotatable bonds is 4. The molecule has 1 N–H and O–H groups in total. The van der Waals surface area contributed by atoms with Crippen LogP contribution in [0.3, 0.4) is 0 Å². The predicted octanol–water partition coefficient (Wildman–Crippen LogP) is 3.32. The summed E-state index contributed by atoms with van der Waals surface area (Å²) in [5, 5.41) is 7.34. The lowest BCUT2D eigenvalue weighted by atomic mass is 10.1. The summed E-state index contributed by atoms with van der Waals surface area (Å²) in [5.74, 6) is 1.56. The zero-order chi connectivity index (χ0) is 13.8. The maximum atomic E-state index is 13.5. The van der Waals surface area contributed by atoms with Crippen molar-refractivity contribution in [3.63, 3.8) is 0 Å². The van der Waals surface area contributed by atoms with Crippen molar-refractivity contribution in [2.24, 2.45) is 0 Å². The molecule has 20 heavy (non-hydrogen) atoms. The van der Waals surface area contributed by atoms with Crippen LogP contribution in [-0.4, -0.2) is 16.7 Å². The molecule has 1 fully saturated rings. The molecule has 3 rings (SSSR count). The minimum Gasteiger partial charge on any atom is -0.338 e. The molecule has 1 aromatic heterocycles. The fourth-order valence-electron chi connectivity index (χ4n) is 2.23. The van der Waals surface area contributed by atoms with E-state index >= 15 is 0 Å². The summed E-state index contributed by atoms with van der Waals surface area (Å²) < 4.78 is 18.8. The van der Waals surface area contributed by atoms with E-state index in [2.05, 4.69) is 15.5 Å². The van der Waals surface area contributed by atoms with Crippen LogP contribution in [0.25, 0.3) is 0 Å². The van der Waals surface area contributed by atoms with E-state index in [1.807, 2.05) is 6.07 Å². The molecule has 106 valence electrons. The van der Waals surface area contributed by atoms with Gasteiger partial charge in [-0.1, -0.05) is 23.7 Å². The Morgan fingerprint density at radius 1 is 1.35 bits per heavy atom. The third-order valence-electron chi connectivity index (χ3n) is 3.29. The highest BCUT2D eigenvalue weighted by molar-refractivity contribution is 7.98. The summed E-state index contributed by atoms with van der Waals surface area (Å²) in [6, 6.07) is 6.88. The van der Waals surface area contributed by atoms with Crippen LogP contribution in [0, 0.1) is 5.82 Å². The van der Waals surface area contributed by atoms with Gasteiger partial charge >= 0.3 is 0 Å². The van der Waals surface area contributed by atoms with E-state index in [9.17, 15) is 4.39 Å². The van der Waals surface area contributed by atoms with Crippen molar-refractivity contribution in [2.75, 3.05) is 6.54 Å². The van der Waals surface area contributed by atoms with Crippen LogP contribution in [-0.2, 0) is 5.75 Å². The van der Waals surface area contributed by atoms with Gasteiger partial charge in [0.15, 0.2) is 5.82 Å². The molecule has 1 saturated heterocycles. The number of nitrogens with one attached hydrogen (secondary N) is 1. The molecule has 0 bridgehead atoms. The van der Waals surface area contributed by atoms with Gasteiger partial charge in [-0.15, -0.1) is 11.8 Å². The van der Waals surface area contributed by atoms with Crippen LogP contribution < -0.4 is 5.32 Å². The second-order valence-corrected chi connectivity index (χ2v) is 5.79. The molecule has 2 aromatic rings. The van der Waals surface area contributed by atoms with Crippen molar-refractivity contribution in [3.05, 3.63) is 41.8 Å². The number of benzene rings is 1. The Kier molecular flexibility index (Phi) is 4.32. The molecule has 0 unspecified atom stereocenters. The normalized spacial score (nSPS) is 19.1. The second kappa shape index (κ2) is 6.37. The Morgan fingerprint density at radius 3 is 3.05 bits per heavy atom. The first kappa shape index (κ1) is 13.6. The van der Waals surface area contributed by atoms with Crippen molar-refractivity contribution in [3.8, 4) is 0 Å². The van der Waals surface area contributed by atoms with E-state index in [-0.39, 0.29) is 11.9 Å². The van der Waals surface area contributed by atoms with Crippen LogP contribution in [0.2, 0.25) is 0 Å². The van der Waals surface area contributed by atoms with Gasteiger partial charge in [0, 0.05) is 4.90 Å². The molecule has 6 heteroatoms. The fraction of sp³-hybridized carbons (Fsp3) is 0.429. The first-order valence-electron chi connectivity index (χ1n) is 6.76. The van der Waals surface area contributed by atoms with Gasteiger partial charge in [0.05, 0.1) is 11.8 Å². The van der Waals surface area contributed by atoms with Crippen molar-refractivity contribution >= 4 is 11.8 Å². The maximum Gasteiger partial charge on any atom is 0.243 e. The topological polar surface area (TPSA) is 51.0 Å². The van der Waals surface area contributed by atoms with Gasteiger partial charge in [-0.05, 0) is 31.5 Å². The third kappa shape index (κ3) is 3.19. The average Bonchev–Trinajstić information content (AvgIpc) is 2.96. The van der Waals surface area contributed by atoms with Crippen molar-refractivity contribution < 1.29 is 8.91 Å². The molecule has 1 atom stereocenters. The average molecular weight is 293 g/mol. The van der Waals surface area contributed by atoms with Crippen molar-refractivity contribution in [1.29, 1.82) is 0 Å². The van der Waals surface area contributed by atoms with Gasteiger partial charge in [-0.25, -0.2) is 4.39 Å². The number of nitrogens with zero attached hydrogens (tertiary/aromatic N) is 2. The lowest BCUT2D eigenvalue weighted by Gasteiger charge is -2.19. The molecular formula is C14H16FN3OS. The number of aromatic nitrogens is 2. The summed E-state index contributed by atoms with van der Waals surface area (Å²) in [4.78, 5) is 5.00. The standard InChI is InChI=1S/C14H16FN3OS/c15-10-5-1-2-7-12(10)20-9-13-17-14(19-18-13)11-6-3-4-8-16-11/h1-2,5,7,11,16H,3-4,6,8-9H2/t11-/m0/s1. The summed E-state index contributed by atoms with van der Waals surface area (Å²) in [7, 11) is 0. The maximum absolute atomic E-state index is 13.5.